The molecule has 0 heterocycles. The number of nitro benzene ring substituents is 1. The SMILES string of the molecule is COc1ccc([N+](=O)[O-])cc1NC(=O)/C(C#N)=C/c1ccc(OCc2ccccc2Cl)cc1. The Morgan fingerprint density at radius 2 is 1.91 bits per heavy atom. The van der Waals surface area contributed by atoms with Crippen LogP contribution in [0.5, 0.6) is 11.5 Å². The summed E-state index contributed by atoms with van der Waals surface area (Å²) in [6.45, 7) is 0.297. The molecule has 0 saturated heterocycles. The van der Waals surface area contributed by atoms with E-state index in [9.17, 15) is 20.2 Å². The summed E-state index contributed by atoms with van der Waals surface area (Å²) in [5.74, 6) is 0.0953. The van der Waals surface area contributed by atoms with Gasteiger partial charge in [0.1, 0.15) is 29.7 Å². The Kier molecular flexibility index (Phi) is 7.63. The van der Waals surface area contributed by atoms with Crippen LogP contribution in [0.2, 0.25) is 5.02 Å². The third kappa shape index (κ3) is 6.09. The normalized spacial score (nSPS) is 10.8. The van der Waals surface area contributed by atoms with Crippen molar-refractivity contribution >= 4 is 35.0 Å². The highest BCUT2D eigenvalue weighted by molar-refractivity contribution is 6.31. The molecule has 0 aromatic heterocycles. The maximum atomic E-state index is 12.6. The highest BCUT2D eigenvalue weighted by atomic mass is 35.5. The molecule has 0 saturated carbocycles. The minimum absolute atomic E-state index is 0.0844. The van der Waals surface area contributed by atoms with Gasteiger partial charge in [-0.3, -0.25) is 14.9 Å². The van der Waals surface area contributed by atoms with Crippen LogP contribution in [0.25, 0.3) is 6.08 Å². The Morgan fingerprint density at radius 3 is 2.55 bits per heavy atom. The third-order valence-electron chi connectivity index (χ3n) is 4.55. The summed E-state index contributed by atoms with van der Waals surface area (Å²) in [5.41, 5.74) is 1.12. The van der Waals surface area contributed by atoms with Gasteiger partial charge in [-0.15, -0.1) is 0 Å². The van der Waals surface area contributed by atoms with Crippen LogP contribution in [0.15, 0.2) is 72.3 Å². The highest BCUT2D eigenvalue weighted by Crippen LogP contribution is 2.29. The number of carbonyl (C=O) groups excluding carboxylic acids is 1. The predicted molar refractivity (Wildman–Crippen MR) is 124 cm³/mol. The zero-order valence-electron chi connectivity index (χ0n) is 17.4. The van der Waals surface area contributed by atoms with Gasteiger partial charge in [-0.2, -0.15) is 5.26 Å². The number of nitrogens with zero attached hydrogens (tertiary/aromatic N) is 2. The van der Waals surface area contributed by atoms with E-state index in [2.05, 4.69) is 5.32 Å². The van der Waals surface area contributed by atoms with E-state index in [4.69, 9.17) is 21.1 Å². The lowest BCUT2D eigenvalue weighted by atomic mass is 10.1. The number of hydrogen-bond donors (Lipinski definition) is 1. The van der Waals surface area contributed by atoms with Crippen molar-refractivity contribution in [3.8, 4) is 17.6 Å². The maximum absolute atomic E-state index is 12.6. The standard InChI is InChI=1S/C24H18ClN3O5/c1-32-23-11-8-19(28(30)31)13-22(23)27-24(29)18(14-26)12-16-6-9-20(10-7-16)33-15-17-4-2-3-5-21(17)25/h2-13H,15H2,1H3,(H,27,29)/b18-12+. The van der Waals surface area contributed by atoms with Crippen molar-refractivity contribution in [2.45, 2.75) is 6.61 Å². The van der Waals surface area contributed by atoms with E-state index in [0.717, 1.165) is 11.6 Å². The highest BCUT2D eigenvalue weighted by Gasteiger charge is 2.16. The van der Waals surface area contributed by atoms with Gasteiger partial charge in [0.05, 0.1) is 17.7 Å². The molecule has 0 fully saturated rings. The van der Waals surface area contributed by atoms with Crippen molar-refractivity contribution in [2.24, 2.45) is 0 Å². The van der Waals surface area contributed by atoms with Crippen LogP contribution in [0.4, 0.5) is 11.4 Å². The number of nitriles is 1. The van der Waals surface area contributed by atoms with Gasteiger partial charge in [-0.25, -0.2) is 0 Å². The molecule has 0 atom stereocenters. The molecule has 1 amide bonds. The summed E-state index contributed by atoms with van der Waals surface area (Å²) in [6, 6.07) is 19.8. The van der Waals surface area contributed by atoms with Crippen molar-refractivity contribution in [2.75, 3.05) is 12.4 Å². The lowest BCUT2D eigenvalue weighted by molar-refractivity contribution is -0.384. The molecular weight excluding hydrogens is 446 g/mol. The zero-order valence-corrected chi connectivity index (χ0v) is 18.2. The van der Waals surface area contributed by atoms with Crippen LogP contribution in [0, 0.1) is 21.4 Å². The number of benzene rings is 3. The molecule has 0 aliphatic carbocycles. The topological polar surface area (TPSA) is 114 Å². The second kappa shape index (κ2) is 10.8. The number of nitrogens with one attached hydrogen (secondary N) is 1. The van der Waals surface area contributed by atoms with Crippen molar-refractivity contribution < 1.29 is 19.2 Å². The summed E-state index contributed by atoms with van der Waals surface area (Å²) >= 11 is 6.12. The van der Waals surface area contributed by atoms with E-state index in [1.807, 2.05) is 24.3 Å². The number of amides is 1. The molecule has 3 rings (SSSR count). The van der Waals surface area contributed by atoms with Gasteiger partial charge in [0.15, 0.2) is 0 Å². The lowest BCUT2D eigenvalue weighted by Gasteiger charge is -2.10. The van der Waals surface area contributed by atoms with Crippen LogP contribution >= 0.6 is 11.6 Å². The molecule has 0 radical (unpaired) electrons. The largest absolute Gasteiger partial charge is 0.495 e. The second-order valence-electron chi connectivity index (χ2n) is 6.71. The van der Waals surface area contributed by atoms with E-state index in [-0.39, 0.29) is 22.7 Å². The first-order chi connectivity index (χ1) is 15.9. The molecule has 166 valence electrons. The average Bonchev–Trinajstić information content (AvgIpc) is 2.82. The van der Waals surface area contributed by atoms with Crippen molar-refractivity contribution in [1.82, 2.24) is 0 Å². The quantitative estimate of drug-likeness (QED) is 0.207. The van der Waals surface area contributed by atoms with Gasteiger partial charge < -0.3 is 14.8 Å². The van der Waals surface area contributed by atoms with Crippen molar-refractivity contribution in [3.05, 3.63) is 98.6 Å². The number of rotatable bonds is 8. The Bertz CT molecular complexity index is 1250. The van der Waals surface area contributed by atoms with E-state index in [1.54, 1.807) is 30.3 Å². The Labute approximate surface area is 194 Å². The Balaban J connectivity index is 1.72. The minimum Gasteiger partial charge on any atom is -0.495 e. The van der Waals surface area contributed by atoms with E-state index in [0.29, 0.717) is 22.9 Å². The van der Waals surface area contributed by atoms with E-state index < -0.39 is 10.8 Å². The maximum Gasteiger partial charge on any atom is 0.271 e. The zero-order chi connectivity index (χ0) is 23.8. The minimum atomic E-state index is -0.727. The van der Waals surface area contributed by atoms with Gasteiger partial charge in [-0.1, -0.05) is 41.9 Å². The fraction of sp³-hybridized carbons (Fsp3) is 0.0833. The summed E-state index contributed by atoms with van der Waals surface area (Å²) in [7, 11) is 1.37. The van der Waals surface area contributed by atoms with Gasteiger partial charge in [0.2, 0.25) is 0 Å². The van der Waals surface area contributed by atoms with Crippen LogP contribution in [-0.4, -0.2) is 17.9 Å². The fourth-order valence-electron chi connectivity index (χ4n) is 2.85. The average molecular weight is 464 g/mol. The Morgan fingerprint density at radius 1 is 1.18 bits per heavy atom. The fourth-order valence-corrected chi connectivity index (χ4v) is 3.04. The molecule has 9 heteroatoms. The van der Waals surface area contributed by atoms with Gasteiger partial charge in [0, 0.05) is 22.7 Å². The first kappa shape index (κ1) is 23.3. The number of ether oxygens (including phenoxy) is 2. The number of carbonyl (C=O) groups is 1. The van der Waals surface area contributed by atoms with Crippen LogP contribution < -0.4 is 14.8 Å². The summed E-state index contributed by atoms with van der Waals surface area (Å²) in [5, 5.41) is 23.6. The van der Waals surface area contributed by atoms with Crippen molar-refractivity contribution in [3.63, 3.8) is 0 Å². The molecule has 8 nitrogen and oxygen atoms in total. The van der Waals surface area contributed by atoms with Gasteiger partial charge in [-0.05, 0) is 35.9 Å². The molecule has 0 spiro atoms. The molecule has 0 aliphatic rings. The van der Waals surface area contributed by atoms with E-state index >= 15 is 0 Å². The molecule has 0 unspecified atom stereocenters. The van der Waals surface area contributed by atoms with Crippen LogP contribution in [-0.2, 0) is 11.4 Å². The van der Waals surface area contributed by atoms with Gasteiger partial charge >= 0.3 is 0 Å². The summed E-state index contributed by atoms with van der Waals surface area (Å²) < 4.78 is 10.8. The van der Waals surface area contributed by atoms with Crippen LogP contribution in [0.3, 0.4) is 0 Å². The van der Waals surface area contributed by atoms with E-state index in [1.165, 1.54) is 25.3 Å². The molecule has 0 bridgehead atoms. The number of halogens is 1. The molecular formula is C24H18ClN3O5. The number of methoxy groups -OCH3 is 1. The number of non-ortho nitro benzene ring substituents is 1. The number of hydrogen-bond acceptors (Lipinski definition) is 6. The number of anilines is 1. The Hall–Kier alpha value is -4.35. The van der Waals surface area contributed by atoms with Gasteiger partial charge in [0.25, 0.3) is 11.6 Å². The smallest absolute Gasteiger partial charge is 0.271 e. The third-order valence-corrected chi connectivity index (χ3v) is 4.92. The predicted octanol–water partition coefficient (Wildman–Crippen LogP) is 5.38. The molecule has 33 heavy (non-hydrogen) atoms. The lowest BCUT2D eigenvalue weighted by Crippen LogP contribution is -2.14. The number of nitro groups is 1. The molecule has 0 aliphatic heterocycles. The van der Waals surface area contributed by atoms with Crippen molar-refractivity contribution in [1.29, 1.82) is 5.26 Å². The molecule has 1 N–H and O–H groups in total. The first-order valence-corrected chi connectivity index (χ1v) is 10.0. The summed E-state index contributed by atoms with van der Waals surface area (Å²) in [4.78, 5) is 23.0. The monoisotopic (exact) mass is 463 g/mol. The second-order valence-corrected chi connectivity index (χ2v) is 7.12. The first-order valence-electron chi connectivity index (χ1n) is 9.63. The molecule has 3 aromatic rings. The summed E-state index contributed by atoms with van der Waals surface area (Å²) in [6.07, 6.45) is 1.40. The van der Waals surface area contributed by atoms with Crippen LogP contribution in [0.1, 0.15) is 11.1 Å². The molecule has 3 aromatic carbocycles.